The van der Waals surface area contributed by atoms with E-state index in [1.165, 1.54) is 12.1 Å². The van der Waals surface area contributed by atoms with Gasteiger partial charge < -0.3 is 25.4 Å². The van der Waals surface area contributed by atoms with Crippen LogP contribution in [0.25, 0.3) is 0 Å². The Balaban J connectivity index is 1.91. The molecule has 2 aromatic rings. The maximum Gasteiger partial charge on any atom is 0.408 e. The van der Waals surface area contributed by atoms with E-state index in [-0.39, 0.29) is 29.5 Å². The molecule has 0 spiro atoms. The zero-order valence-electron chi connectivity index (χ0n) is 21.7. The fourth-order valence-electron chi connectivity index (χ4n) is 3.96. The summed E-state index contributed by atoms with van der Waals surface area (Å²) in [5.74, 6) is -0.840. The molecule has 1 aliphatic rings. The number of rotatable bonds is 9. The van der Waals surface area contributed by atoms with Crippen molar-refractivity contribution in [3.05, 3.63) is 65.7 Å². The molecule has 0 aliphatic heterocycles. The predicted octanol–water partition coefficient (Wildman–Crippen LogP) is 4.29. The van der Waals surface area contributed by atoms with Gasteiger partial charge in [-0.25, -0.2) is 4.79 Å². The zero-order chi connectivity index (χ0) is 26.5. The monoisotopic (exact) mass is 495 g/mol. The number of carbonyl (C=O) groups excluding carboxylic acids is 3. The Morgan fingerprint density at radius 2 is 1.64 bits per heavy atom. The number of benzene rings is 2. The second kappa shape index (κ2) is 11.5. The molecule has 3 amide bonds. The van der Waals surface area contributed by atoms with Gasteiger partial charge in [0, 0.05) is 12.6 Å². The number of ether oxygens (including phenoxy) is 1. The molecule has 2 aromatic carbocycles. The molecule has 194 valence electrons. The van der Waals surface area contributed by atoms with Crippen molar-refractivity contribution in [3.8, 4) is 5.75 Å². The van der Waals surface area contributed by atoms with E-state index >= 15 is 0 Å². The van der Waals surface area contributed by atoms with Crippen LogP contribution in [0, 0.1) is 5.92 Å². The van der Waals surface area contributed by atoms with Gasteiger partial charge in [0.1, 0.15) is 23.4 Å². The highest BCUT2D eigenvalue weighted by Gasteiger charge is 2.44. The first-order chi connectivity index (χ1) is 17.0. The number of nitrogens with zero attached hydrogens (tertiary/aromatic N) is 1. The third kappa shape index (κ3) is 7.47. The lowest BCUT2D eigenvalue weighted by atomic mass is 9.98. The maximum atomic E-state index is 14.0. The first kappa shape index (κ1) is 27.0. The van der Waals surface area contributed by atoms with Gasteiger partial charge in [-0.2, -0.15) is 0 Å². The van der Waals surface area contributed by atoms with E-state index in [4.69, 9.17) is 4.74 Å². The van der Waals surface area contributed by atoms with Gasteiger partial charge in [-0.05, 0) is 62.8 Å². The molecule has 36 heavy (non-hydrogen) atoms. The van der Waals surface area contributed by atoms with E-state index in [1.54, 1.807) is 37.8 Å². The molecule has 1 fully saturated rings. The van der Waals surface area contributed by atoms with Crippen LogP contribution in [0.2, 0.25) is 0 Å². The molecular formula is C28H37N3O5. The van der Waals surface area contributed by atoms with E-state index in [1.807, 2.05) is 44.2 Å². The van der Waals surface area contributed by atoms with Crippen LogP contribution in [0.3, 0.4) is 0 Å². The number of hydrogen-bond donors (Lipinski definition) is 3. The molecule has 3 N–H and O–H groups in total. The van der Waals surface area contributed by atoms with Crippen molar-refractivity contribution in [2.45, 2.75) is 77.7 Å². The Kier molecular flexibility index (Phi) is 8.61. The van der Waals surface area contributed by atoms with Crippen molar-refractivity contribution >= 4 is 17.9 Å². The van der Waals surface area contributed by atoms with Crippen LogP contribution >= 0.6 is 0 Å². The van der Waals surface area contributed by atoms with Gasteiger partial charge in [-0.15, -0.1) is 0 Å². The minimum absolute atomic E-state index is 0.0677. The smallest absolute Gasteiger partial charge is 0.408 e. The zero-order valence-corrected chi connectivity index (χ0v) is 21.7. The van der Waals surface area contributed by atoms with Gasteiger partial charge in [0.15, 0.2) is 0 Å². The third-order valence-corrected chi connectivity index (χ3v) is 5.84. The minimum Gasteiger partial charge on any atom is -0.508 e. The van der Waals surface area contributed by atoms with Gasteiger partial charge in [0.25, 0.3) is 0 Å². The Morgan fingerprint density at radius 3 is 2.17 bits per heavy atom. The summed E-state index contributed by atoms with van der Waals surface area (Å²) < 4.78 is 5.39. The average molecular weight is 496 g/mol. The van der Waals surface area contributed by atoms with Crippen LogP contribution in [0.5, 0.6) is 5.75 Å². The second-order valence-electron chi connectivity index (χ2n) is 10.5. The van der Waals surface area contributed by atoms with Crippen LogP contribution in [0.15, 0.2) is 54.6 Å². The number of aromatic hydroxyl groups is 1. The van der Waals surface area contributed by atoms with Crippen LogP contribution in [0.1, 0.15) is 64.6 Å². The summed E-state index contributed by atoms with van der Waals surface area (Å²) in [4.78, 5) is 41.7. The quantitative estimate of drug-likeness (QED) is 0.481. The SMILES string of the molecule is CC(C)C(NC(=O)OC(C)(C)C)C(=O)N(C1CC1)C(C(=O)NCc1ccccc1)c1ccc(O)cc1. The molecule has 1 aliphatic carbocycles. The lowest BCUT2D eigenvalue weighted by molar-refractivity contribution is -0.144. The fourth-order valence-corrected chi connectivity index (χ4v) is 3.96. The Labute approximate surface area is 213 Å². The van der Waals surface area contributed by atoms with Crippen molar-refractivity contribution in [2.24, 2.45) is 5.92 Å². The van der Waals surface area contributed by atoms with Crippen molar-refractivity contribution in [3.63, 3.8) is 0 Å². The van der Waals surface area contributed by atoms with Gasteiger partial charge in [-0.3, -0.25) is 9.59 Å². The topological polar surface area (TPSA) is 108 Å². The molecule has 0 aromatic heterocycles. The second-order valence-corrected chi connectivity index (χ2v) is 10.5. The van der Waals surface area contributed by atoms with E-state index in [2.05, 4.69) is 10.6 Å². The Hall–Kier alpha value is -3.55. The lowest BCUT2D eigenvalue weighted by Gasteiger charge is -2.35. The van der Waals surface area contributed by atoms with E-state index < -0.39 is 23.8 Å². The van der Waals surface area contributed by atoms with Crippen molar-refractivity contribution in [1.29, 1.82) is 0 Å². The van der Waals surface area contributed by atoms with Crippen molar-refractivity contribution < 1.29 is 24.2 Å². The molecule has 0 radical (unpaired) electrons. The number of alkyl carbamates (subject to hydrolysis) is 1. The molecular weight excluding hydrogens is 458 g/mol. The summed E-state index contributed by atoms with van der Waals surface area (Å²) in [6.45, 7) is 9.27. The number of carbonyl (C=O) groups is 3. The summed E-state index contributed by atoms with van der Waals surface area (Å²) in [6.07, 6.45) is 0.854. The molecule has 0 saturated heterocycles. The molecule has 3 rings (SSSR count). The number of phenolic OH excluding ortho intramolecular Hbond substituents is 1. The predicted molar refractivity (Wildman–Crippen MR) is 137 cm³/mol. The maximum absolute atomic E-state index is 14.0. The highest BCUT2D eigenvalue weighted by Crippen LogP contribution is 2.36. The van der Waals surface area contributed by atoms with Crippen LogP contribution in [0.4, 0.5) is 4.79 Å². The van der Waals surface area contributed by atoms with E-state index in [0.717, 1.165) is 18.4 Å². The van der Waals surface area contributed by atoms with E-state index in [9.17, 15) is 19.5 Å². The third-order valence-electron chi connectivity index (χ3n) is 5.84. The number of hydrogen-bond acceptors (Lipinski definition) is 5. The van der Waals surface area contributed by atoms with Gasteiger partial charge >= 0.3 is 6.09 Å². The Morgan fingerprint density at radius 1 is 1.03 bits per heavy atom. The Bertz CT molecular complexity index is 1040. The standard InChI is InChI=1S/C28H37N3O5/c1-18(2)23(30-27(35)36-28(3,4)5)26(34)31(21-13-14-21)24(20-11-15-22(32)16-12-20)25(33)29-17-19-9-7-6-8-10-19/h6-12,15-16,18,21,23-24,32H,13-14,17H2,1-5H3,(H,29,33)(H,30,35). The number of phenols is 1. The molecule has 1 saturated carbocycles. The van der Waals surface area contributed by atoms with Gasteiger partial charge in [-0.1, -0.05) is 56.3 Å². The molecule has 0 bridgehead atoms. The highest BCUT2D eigenvalue weighted by atomic mass is 16.6. The van der Waals surface area contributed by atoms with Crippen LogP contribution < -0.4 is 10.6 Å². The molecule has 2 atom stereocenters. The average Bonchev–Trinajstić information content (AvgIpc) is 3.64. The normalized spacial score (nSPS) is 15.1. The number of nitrogens with one attached hydrogen (secondary N) is 2. The summed E-state index contributed by atoms with van der Waals surface area (Å²) >= 11 is 0. The fraction of sp³-hybridized carbons (Fsp3) is 0.464. The summed E-state index contributed by atoms with van der Waals surface area (Å²) in [6, 6.07) is 13.9. The first-order valence-corrected chi connectivity index (χ1v) is 12.4. The first-order valence-electron chi connectivity index (χ1n) is 12.4. The largest absolute Gasteiger partial charge is 0.508 e. The number of amides is 3. The summed E-state index contributed by atoms with van der Waals surface area (Å²) in [5.41, 5.74) is 0.807. The van der Waals surface area contributed by atoms with Crippen molar-refractivity contribution in [2.75, 3.05) is 0 Å². The van der Waals surface area contributed by atoms with Gasteiger partial charge in [0.2, 0.25) is 11.8 Å². The van der Waals surface area contributed by atoms with Gasteiger partial charge in [0.05, 0.1) is 0 Å². The summed E-state index contributed by atoms with van der Waals surface area (Å²) in [7, 11) is 0. The molecule has 8 heteroatoms. The molecule has 0 heterocycles. The summed E-state index contributed by atoms with van der Waals surface area (Å²) in [5, 5.41) is 15.5. The lowest BCUT2D eigenvalue weighted by Crippen LogP contribution is -2.55. The molecule has 8 nitrogen and oxygen atoms in total. The molecule has 2 unspecified atom stereocenters. The highest BCUT2D eigenvalue weighted by molar-refractivity contribution is 5.92. The van der Waals surface area contributed by atoms with Crippen LogP contribution in [-0.4, -0.2) is 45.6 Å². The van der Waals surface area contributed by atoms with Crippen molar-refractivity contribution in [1.82, 2.24) is 15.5 Å². The minimum atomic E-state index is -0.920. The van der Waals surface area contributed by atoms with Crippen LogP contribution in [-0.2, 0) is 20.9 Å². The van der Waals surface area contributed by atoms with E-state index in [0.29, 0.717) is 12.1 Å².